The minimum Gasteiger partial charge on any atom is -0.376 e. The van der Waals surface area contributed by atoms with E-state index in [2.05, 4.69) is 20.8 Å². The first kappa shape index (κ1) is 19.4. The molecular formula is C13H32O3Si. The number of rotatable bonds is 9. The lowest BCUT2D eigenvalue weighted by molar-refractivity contribution is 0.107. The number of hydrogen-bond acceptors (Lipinski definition) is 3. The maximum Gasteiger partial charge on any atom is 0.484 e. The van der Waals surface area contributed by atoms with E-state index in [1.54, 1.807) is 0 Å². The molecule has 0 amide bonds. The molecule has 0 radical (unpaired) electrons. The normalized spacial score (nSPS) is 10.6. The fraction of sp³-hybridized carbons (Fsp3) is 1.00. The molecule has 0 atom stereocenters. The van der Waals surface area contributed by atoms with Crippen LogP contribution in [0.3, 0.4) is 0 Å². The molecule has 0 saturated heterocycles. The summed E-state index contributed by atoms with van der Waals surface area (Å²) in [6.07, 6.45) is 4.06. The maximum absolute atomic E-state index is 5.22. The van der Waals surface area contributed by atoms with Gasteiger partial charge in [0.2, 0.25) is 0 Å². The Balaban J connectivity index is 0. The van der Waals surface area contributed by atoms with Crippen molar-refractivity contribution in [2.24, 2.45) is 5.92 Å². The van der Waals surface area contributed by atoms with Gasteiger partial charge in [-0.2, -0.15) is 0 Å². The van der Waals surface area contributed by atoms with Gasteiger partial charge in [0, 0.05) is 19.8 Å². The molecule has 0 aromatic rings. The van der Waals surface area contributed by atoms with E-state index >= 15 is 0 Å². The fourth-order valence-corrected chi connectivity index (χ4v) is 2.52. The molecule has 3 nitrogen and oxygen atoms in total. The summed E-state index contributed by atoms with van der Waals surface area (Å²) in [5, 5.41) is 0. The average molecular weight is 264 g/mol. The van der Waals surface area contributed by atoms with E-state index in [4.69, 9.17) is 13.3 Å². The van der Waals surface area contributed by atoms with Gasteiger partial charge in [0.25, 0.3) is 0 Å². The van der Waals surface area contributed by atoms with E-state index in [9.17, 15) is 0 Å². The molecule has 0 fully saturated rings. The van der Waals surface area contributed by atoms with Gasteiger partial charge >= 0.3 is 9.53 Å². The van der Waals surface area contributed by atoms with Crippen LogP contribution >= 0.6 is 0 Å². The van der Waals surface area contributed by atoms with Crippen molar-refractivity contribution in [3.8, 4) is 0 Å². The third-order valence-electron chi connectivity index (χ3n) is 2.64. The van der Waals surface area contributed by atoms with Crippen molar-refractivity contribution in [3.63, 3.8) is 0 Å². The minimum atomic E-state index is -1.73. The van der Waals surface area contributed by atoms with Crippen LogP contribution < -0.4 is 0 Å². The summed E-state index contributed by atoms with van der Waals surface area (Å²) in [4.78, 5) is 0. The largest absolute Gasteiger partial charge is 0.484 e. The van der Waals surface area contributed by atoms with Crippen LogP contribution in [-0.2, 0) is 13.3 Å². The summed E-state index contributed by atoms with van der Waals surface area (Å²) in [6, 6.07) is 0. The van der Waals surface area contributed by atoms with Crippen molar-refractivity contribution in [2.45, 2.75) is 60.8 Å². The van der Waals surface area contributed by atoms with Crippen LogP contribution in [0.4, 0.5) is 0 Å². The lowest BCUT2D eigenvalue weighted by atomic mass is 10.0. The summed E-state index contributed by atoms with van der Waals surface area (Å²) in [5.41, 5.74) is 0. The van der Waals surface area contributed by atoms with Crippen LogP contribution in [0.1, 0.15) is 60.8 Å². The van der Waals surface area contributed by atoms with Crippen LogP contribution in [0.2, 0.25) is 0 Å². The first-order chi connectivity index (χ1) is 8.19. The Morgan fingerprint density at radius 3 is 1.06 bits per heavy atom. The van der Waals surface area contributed by atoms with Crippen LogP contribution in [0, 0.1) is 5.92 Å². The second-order valence-electron chi connectivity index (χ2n) is 3.75. The molecule has 0 spiro atoms. The van der Waals surface area contributed by atoms with Crippen molar-refractivity contribution in [3.05, 3.63) is 0 Å². The molecule has 0 aliphatic rings. The van der Waals surface area contributed by atoms with E-state index in [0.717, 1.165) is 5.92 Å². The van der Waals surface area contributed by atoms with Crippen LogP contribution in [0.5, 0.6) is 0 Å². The topological polar surface area (TPSA) is 27.7 Å². The van der Waals surface area contributed by atoms with Gasteiger partial charge in [-0.1, -0.05) is 40.0 Å². The van der Waals surface area contributed by atoms with Crippen molar-refractivity contribution in [1.82, 2.24) is 0 Å². The predicted octanol–water partition coefficient (Wildman–Crippen LogP) is 3.65. The molecule has 0 N–H and O–H groups in total. The van der Waals surface area contributed by atoms with Crippen molar-refractivity contribution < 1.29 is 13.3 Å². The van der Waals surface area contributed by atoms with Crippen molar-refractivity contribution in [1.29, 1.82) is 0 Å². The zero-order chi connectivity index (χ0) is 13.5. The minimum absolute atomic E-state index is 0.677. The Morgan fingerprint density at radius 2 is 0.941 bits per heavy atom. The third kappa shape index (κ3) is 14.0. The van der Waals surface area contributed by atoms with Gasteiger partial charge in [0.05, 0.1) is 0 Å². The highest BCUT2D eigenvalue weighted by atomic mass is 28.3. The predicted molar refractivity (Wildman–Crippen MR) is 76.4 cm³/mol. The Kier molecular flexibility index (Phi) is 18.4. The monoisotopic (exact) mass is 264 g/mol. The summed E-state index contributed by atoms with van der Waals surface area (Å²) >= 11 is 0. The Hall–Kier alpha value is 0.0969. The highest BCUT2D eigenvalue weighted by molar-refractivity contribution is 6.36. The highest BCUT2D eigenvalue weighted by Gasteiger charge is 2.11. The lowest BCUT2D eigenvalue weighted by Crippen LogP contribution is -2.27. The molecule has 4 heteroatoms. The van der Waals surface area contributed by atoms with E-state index in [1.807, 2.05) is 20.8 Å². The molecule has 0 rings (SSSR count). The third-order valence-corrected chi connectivity index (χ3v) is 4.46. The van der Waals surface area contributed by atoms with Crippen LogP contribution in [-0.4, -0.2) is 29.3 Å². The number of hydrogen-bond donors (Lipinski definition) is 0. The van der Waals surface area contributed by atoms with Gasteiger partial charge < -0.3 is 13.3 Å². The van der Waals surface area contributed by atoms with Gasteiger partial charge in [0.15, 0.2) is 0 Å². The van der Waals surface area contributed by atoms with Gasteiger partial charge in [-0.3, -0.25) is 0 Å². The van der Waals surface area contributed by atoms with Crippen LogP contribution in [0.25, 0.3) is 0 Å². The summed E-state index contributed by atoms with van der Waals surface area (Å²) in [7, 11) is -1.73. The molecular weight excluding hydrogens is 232 g/mol. The molecule has 0 aromatic heterocycles. The summed E-state index contributed by atoms with van der Waals surface area (Å²) < 4.78 is 15.7. The molecule has 0 aliphatic carbocycles. The second-order valence-corrected chi connectivity index (χ2v) is 5.32. The maximum atomic E-state index is 5.22. The Labute approximate surface area is 110 Å². The highest BCUT2D eigenvalue weighted by Crippen LogP contribution is 2.10. The molecule has 0 aliphatic heterocycles. The molecule has 0 aromatic carbocycles. The van der Waals surface area contributed by atoms with E-state index < -0.39 is 9.53 Å². The first-order valence-electron chi connectivity index (χ1n) is 7.04. The quantitative estimate of drug-likeness (QED) is 0.595. The van der Waals surface area contributed by atoms with E-state index in [0.29, 0.717) is 19.8 Å². The van der Waals surface area contributed by atoms with E-state index in [1.165, 1.54) is 19.3 Å². The molecule has 0 saturated carbocycles. The summed E-state index contributed by atoms with van der Waals surface area (Å²) in [5.74, 6) is 0.986. The van der Waals surface area contributed by atoms with Gasteiger partial charge in [-0.05, 0) is 26.7 Å². The van der Waals surface area contributed by atoms with E-state index in [-0.39, 0.29) is 0 Å². The standard InChI is InChI=1S/C7H16.C6H16O3Si/c1-4-7(5-2)6-3;1-4-7-10(8-5-2)9-6-3/h7H,4-6H2,1-3H3;10H,4-6H2,1-3H3. The van der Waals surface area contributed by atoms with Gasteiger partial charge in [0.1, 0.15) is 0 Å². The average Bonchev–Trinajstić information content (AvgIpc) is 2.33. The molecule has 0 bridgehead atoms. The fourth-order valence-electron chi connectivity index (χ4n) is 1.42. The van der Waals surface area contributed by atoms with Gasteiger partial charge in [-0.15, -0.1) is 0 Å². The van der Waals surface area contributed by atoms with Crippen molar-refractivity contribution >= 4 is 9.53 Å². The molecule has 0 unspecified atom stereocenters. The van der Waals surface area contributed by atoms with Gasteiger partial charge in [-0.25, -0.2) is 0 Å². The molecule has 0 heterocycles. The molecule has 17 heavy (non-hydrogen) atoms. The zero-order valence-corrected chi connectivity index (χ0v) is 13.8. The SMILES string of the molecule is CCC(CC)CC.CCO[SiH](OCC)OCC. The molecule has 106 valence electrons. The summed E-state index contributed by atoms with van der Waals surface area (Å²) in [6.45, 7) is 14.6. The Morgan fingerprint density at radius 1 is 0.647 bits per heavy atom. The van der Waals surface area contributed by atoms with Crippen LogP contribution in [0.15, 0.2) is 0 Å². The first-order valence-corrected chi connectivity index (χ1v) is 8.45. The smallest absolute Gasteiger partial charge is 0.376 e. The van der Waals surface area contributed by atoms with Crippen molar-refractivity contribution in [2.75, 3.05) is 19.8 Å². The Bertz CT molecular complexity index is 110. The second kappa shape index (κ2) is 16.1. The lowest BCUT2D eigenvalue weighted by Gasteiger charge is -2.12. The zero-order valence-electron chi connectivity index (χ0n) is 12.6.